The molecule has 1 aromatic carbocycles. The van der Waals surface area contributed by atoms with E-state index in [0.717, 1.165) is 25.4 Å². The number of benzene rings is 1. The van der Waals surface area contributed by atoms with Crippen LogP contribution in [0.15, 0.2) is 24.3 Å². The first-order chi connectivity index (χ1) is 11.1. The molecule has 0 bridgehead atoms. The molecule has 0 amide bonds. The van der Waals surface area contributed by atoms with Gasteiger partial charge in [-0.25, -0.2) is 0 Å². The summed E-state index contributed by atoms with van der Waals surface area (Å²) in [5.74, 6) is 0. The summed E-state index contributed by atoms with van der Waals surface area (Å²) in [7, 11) is 2.69. The molecule has 1 aromatic rings. The molecule has 0 fully saturated rings. The van der Waals surface area contributed by atoms with Crippen LogP contribution in [0.4, 0.5) is 0 Å². The molecule has 23 heavy (non-hydrogen) atoms. The molecule has 0 aromatic heterocycles. The lowest BCUT2D eigenvalue weighted by atomic mass is 9.90. The summed E-state index contributed by atoms with van der Waals surface area (Å²) in [6.45, 7) is 2.33. The number of hydrogen-bond acceptors (Lipinski definition) is 2. The van der Waals surface area contributed by atoms with Gasteiger partial charge in [-0.3, -0.25) is 0 Å². The van der Waals surface area contributed by atoms with Crippen LogP contribution < -0.4 is 5.73 Å². The van der Waals surface area contributed by atoms with E-state index in [1.54, 1.807) is 0 Å². The van der Waals surface area contributed by atoms with Crippen LogP contribution in [0.5, 0.6) is 0 Å². The molecule has 0 heterocycles. The molecule has 3 heteroatoms. The Labute approximate surface area is 145 Å². The average Bonchev–Trinajstić information content (AvgIpc) is 2.57. The van der Waals surface area contributed by atoms with Crippen molar-refractivity contribution in [3.05, 3.63) is 35.4 Å². The molecule has 0 saturated heterocycles. The van der Waals surface area contributed by atoms with Gasteiger partial charge in [0, 0.05) is 5.54 Å². The van der Waals surface area contributed by atoms with Crippen molar-refractivity contribution in [2.75, 3.05) is 12.8 Å². The van der Waals surface area contributed by atoms with Gasteiger partial charge in [-0.05, 0) is 49.4 Å². The van der Waals surface area contributed by atoms with Crippen LogP contribution in [-0.4, -0.2) is 23.4 Å². The van der Waals surface area contributed by atoms with Crippen molar-refractivity contribution < 1.29 is 5.11 Å². The third kappa shape index (κ3) is 8.84. The van der Waals surface area contributed by atoms with Gasteiger partial charge in [-0.2, -0.15) is 0 Å². The Morgan fingerprint density at radius 2 is 1.48 bits per heavy atom. The minimum atomic E-state index is -0.432. The summed E-state index contributed by atoms with van der Waals surface area (Å²) in [4.78, 5) is 0. The summed E-state index contributed by atoms with van der Waals surface area (Å²) in [6.07, 6.45) is 12.9. The average molecular weight is 337 g/mol. The molecule has 3 N–H and O–H groups in total. The summed E-state index contributed by atoms with van der Waals surface area (Å²) in [5.41, 5.74) is 8.57. The van der Waals surface area contributed by atoms with Crippen LogP contribution in [0, 0.1) is 0 Å². The number of nitrogens with two attached hydrogens (primary N) is 1. The van der Waals surface area contributed by atoms with Crippen LogP contribution in [0.25, 0.3) is 0 Å². The normalized spacial score (nSPS) is 13.9. The molecule has 0 radical (unpaired) electrons. The van der Waals surface area contributed by atoms with Gasteiger partial charge in [0.25, 0.3) is 0 Å². The van der Waals surface area contributed by atoms with E-state index in [4.69, 9.17) is 5.73 Å². The Balaban J connectivity index is 2.30. The highest BCUT2D eigenvalue weighted by molar-refractivity contribution is 7.16. The highest BCUT2D eigenvalue weighted by Gasteiger charge is 2.22. The smallest absolute Gasteiger partial charge is 0.0611 e. The second kappa shape index (κ2) is 12.0. The first-order valence-corrected chi connectivity index (χ1v) is 10.1. The van der Waals surface area contributed by atoms with Gasteiger partial charge in [0.2, 0.25) is 0 Å². The molecule has 2 nitrogen and oxygen atoms in total. The van der Waals surface area contributed by atoms with Crippen LogP contribution in [-0.2, 0) is 12.8 Å². The molecule has 0 aliphatic rings. The van der Waals surface area contributed by atoms with E-state index in [1.165, 1.54) is 56.1 Å². The molecule has 1 unspecified atom stereocenters. The Morgan fingerprint density at radius 1 is 0.913 bits per heavy atom. The summed E-state index contributed by atoms with van der Waals surface area (Å²) < 4.78 is 0. The molecule has 0 saturated carbocycles. The maximum atomic E-state index is 9.48. The van der Waals surface area contributed by atoms with Crippen molar-refractivity contribution in [2.45, 2.75) is 76.7 Å². The first-order valence-electron chi connectivity index (χ1n) is 9.31. The lowest BCUT2D eigenvalue weighted by Crippen LogP contribution is -2.44. The second-order valence-electron chi connectivity index (χ2n) is 6.89. The lowest BCUT2D eigenvalue weighted by molar-refractivity contribution is 0.184. The van der Waals surface area contributed by atoms with Gasteiger partial charge >= 0.3 is 0 Å². The number of aliphatic hydroxyl groups excluding tert-OH is 1. The Bertz CT molecular complexity index is 407. The number of aliphatic hydroxyl groups is 1. The fourth-order valence-electron chi connectivity index (χ4n) is 2.95. The molecular weight excluding hydrogens is 301 g/mol. The summed E-state index contributed by atoms with van der Waals surface area (Å²) >= 11 is 0. The quantitative estimate of drug-likeness (QED) is 0.412. The molecule has 0 aliphatic carbocycles. The van der Waals surface area contributed by atoms with Crippen LogP contribution in [0.1, 0.15) is 69.4 Å². The van der Waals surface area contributed by atoms with E-state index in [2.05, 4.69) is 40.4 Å². The monoisotopic (exact) mass is 337 g/mol. The number of rotatable bonds is 13. The maximum Gasteiger partial charge on any atom is 0.0611 e. The molecule has 1 rings (SSSR count). The molecule has 0 spiro atoms. The zero-order valence-corrected chi connectivity index (χ0v) is 16.1. The summed E-state index contributed by atoms with van der Waals surface area (Å²) in [5, 5.41) is 9.48. The molecule has 0 aliphatic heterocycles. The van der Waals surface area contributed by atoms with Crippen LogP contribution >= 0.6 is 9.24 Å². The fourth-order valence-corrected chi connectivity index (χ4v) is 3.52. The van der Waals surface area contributed by atoms with Gasteiger partial charge in [-0.15, -0.1) is 9.24 Å². The van der Waals surface area contributed by atoms with E-state index in [1.807, 2.05) is 0 Å². The zero-order valence-electron chi connectivity index (χ0n) is 14.9. The van der Waals surface area contributed by atoms with Crippen molar-refractivity contribution in [3.8, 4) is 0 Å². The van der Waals surface area contributed by atoms with Gasteiger partial charge in [0.05, 0.1) is 6.61 Å². The Kier molecular flexibility index (Phi) is 10.8. The van der Waals surface area contributed by atoms with E-state index < -0.39 is 5.54 Å². The van der Waals surface area contributed by atoms with Crippen LogP contribution in [0.2, 0.25) is 0 Å². The number of aryl methyl sites for hydroxylation is 2. The Hall–Kier alpha value is -0.430. The van der Waals surface area contributed by atoms with Crippen molar-refractivity contribution in [2.24, 2.45) is 5.73 Å². The predicted molar refractivity (Wildman–Crippen MR) is 105 cm³/mol. The molecule has 2 atom stereocenters. The van der Waals surface area contributed by atoms with Gasteiger partial charge in [0.1, 0.15) is 0 Å². The third-order valence-electron chi connectivity index (χ3n) is 4.71. The summed E-state index contributed by atoms with van der Waals surface area (Å²) in [6, 6.07) is 8.97. The van der Waals surface area contributed by atoms with Gasteiger partial charge in [-0.1, -0.05) is 63.3 Å². The molecular formula is C20H36NOP. The third-order valence-corrected chi connectivity index (χ3v) is 5.00. The standard InChI is InChI=1S/C20H36NOP/c1-2-3-4-5-6-7-8-18-9-11-19(12-10-18)13-14-20(21,17-22)15-16-23/h9-12,22H,2-8,13-17,21,23H2,1H3/t20-/m0/s1. The maximum absolute atomic E-state index is 9.48. The van der Waals surface area contributed by atoms with Crippen LogP contribution in [0.3, 0.4) is 0 Å². The fraction of sp³-hybridized carbons (Fsp3) is 0.700. The number of hydrogen-bond donors (Lipinski definition) is 2. The van der Waals surface area contributed by atoms with Gasteiger partial charge < -0.3 is 10.8 Å². The van der Waals surface area contributed by atoms with E-state index in [-0.39, 0.29) is 6.61 Å². The van der Waals surface area contributed by atoms with E-state index in [0.29, 0.717) is 0 Å². The predicted octanol–water partition coefficient (Wildman–Crippen LogP) is 4.48. The Morgan fingerprint density at radius 3 is 2.04 bits per heavy atom. The topological polar surface area (TPSA) is 46.2 Å². The first kappa shape index (κ1) is 20.6. The van der Waals surface area contributed by atoms with E-state index in [9.17, 15) is 5.11 Å². The van der Waals surface area contributed by atoms with E-state index >= 15 is 0 Å². The minimum Gasteiger partial charge on any atom is -0.394 e. The second-order valence-corrected chi connectivity index (χ2v) is 7.47. The van der Waals surface area contributed by atoms with Crippen molar-refractivity contribution in [3.63, 3.8) is 0 Å². The van der Waals surface area contributed by atoms with Crippen molar-refractivity contribution in [1.29, 1.82) is 0 Å². The molecule has 132 valence electrons. The minimum absolute atomic E-state index is 0.0670. The van der Waals surface area contributed by atoms with Crippen molar-refractivity contribution in [1.82, 2.24) is 0 Å². The van der Waals surface area contributed by atoms with Gasteiger partial charge in [0.15, 0.2) is 0 Å². The number of unbranched alkanes of at least 4 members (excludes halogenated alkanes) is 5. The highest BCUT2D eigenvalue weighted by Crippen LogP contribution is 2.18. The highest BCUT2D eigenvalue weighted by atomic mass is 31.0. The largest absolute Gasteiger partial charge is 0.394 e. The lowest BCUT2D eigenvalue weighted by Gasteiger charge is -2.26. The zero-order chi connectivity index (χ0) is 17.0. The van der Waals surface area contributed by atoms with Crippen molar-refractivity contribution >= 4 is 9.24 Å². The SMILES string of the molecule is CCCCCCCCc1ccc(CC[C@@](N)(CO)CCP)cc1.